The summed E-state index contributed by atoms with van der Waals surface area (Å²) in [5, 5.41) is 6.28. The summed E-state index contributed by atoms with van der Waals surface area (Å²) in [6, 6.07) is 0. The van der Waals surface area contributed by atoms with Crippen LogP contribution in [-0.2, 0) is 4.79 Å². The molecular weight excluding hydrogens is 250 g/mol. The van der Waals surface area contributed by atoms with Gasteiger partial charge in [-0.25, -0.2) is 8.78 Å². The minimum atomic E-state index is -2.56. The van der Waals surface area contributed by atoms with Crippen molar-refractivity contribution >= 4 is 5.91 Å². The number of amides is 1. The molecule has 0 bridgehead atoms. The predicted molar refractivity (Wildman–Crippen MR) is 70.1 cm³/mol. The van der Waals surface area contributed by atoms with Crippen LogP contribution in [0.3, 0.4) is 0 Å². The van der Waals surface area contributed by atoms with Gasteiger partial charge in [-0.2, -0.15) is 0 Å². The molecule has 1 saturated heterocycles. The number of piperidine rings is 1. The van der Waals surface area contributed by atoms with E-state index in [4.69, 9.17) is 0 Å². The fourth-order valence-electron chi connectivity index (χ4n) is 2.95. The highest BCUT2D eigenvalue weighted by Gasteiger charge is 2.37. The molecule has 1 amide bonds. The first-order chi connectivity index (χ1) is 8.90. The van der Waals surface area contributed by atoms with Crippen molar-refractivity contribution in [3.63, 3.8) is 0 Å². The van der Waals surface area contributed by atoms with Crippen molar-refractivity contribution in [3.8, 4) is 0 Å². The van der Waals surface area contributed by atoms with Crippen molar-refractivity contribution in [3.05, 3.63) is 0 Å². The van der Waals surface area contributed by atoms with Crippen molar-refractivity contribution in [1.29, 1.82) is 0 Å². The van der Waals surface area contributed by atoms with Gasteiger partial charge in [0.15, 0.2) is 0 Å². The lowest BCUT2D eigenvalue weighted by Gasteiger charge is -2.35. The van der Waals surface area contributed by atoms with Crippen molar-refractivity contribution in [2.45, 2.75) is 51.4 Å². The highest BCUT2D eigenvalue weighted by molar-refractivity contribution is 5.78. The van der Waals surface area contributed by atoms with Crippen molar-refractivity contribution in [2.24, 2.45) is 11.3 Å². The molecule has 1 heterocycles. The van der Waals surface area contributed by atoms with Crippen LogP contribution >= 0.6 is 0 Å². The molecule has 1 saturated carbocycles. The van der Waals surface area contributed by atoms with Gasteiger partial charge in [-0.15, -0.1) is 0 Å². The van der Waals surface area contributed by atoms with Crippen LogP contribution in [0, 0.1) is 11.3 Å². The fraction of sp³-hybridized carbons (Fsp3) is 0.929. The molecule has 0 atom stereocenters. The molecule has 0 unspecified atom stereocenters. The van der Waals surface area contributed by atoms with E-state index in [1.807, 2.05) is 0 Å². The summed E-state index contributed by atoms with van der Waals surface area (Å²) in [7, 11) is 0. The SMILES string of the molecule is CC1(CNC(=O)C2CCC(F)(F)CC2)CCNCC1. The first-order valence-electron chi connectivity index (χ1n) is 7.27. The number of halogens is 2. The molecule has 2 rings (SSSR count). The van der Waals surface area contributed by atoms with Crippen molar-refractivity contribution < 1.29 is 13.6 Å². The smallest absolute Gasteiger partial charge is 0.248 e. The molecule has 110 valence electrons. The lowest BCUT2D eigenvalue weighted by Crippen LogP contribution is -2.45. The van der Waals surface area contributed by atoms with Gasteiger partial charge in [0.25, 0.3) is 0 Å². The van der Waals surface area contributed by atoms with Crippen LogP contribution in [0.15, 0.2) is 0 Å². The quantitative estimate of drug-likeness (QED) is 0.829. The van der Waals surface area contributed by atoms with Crippen LogP contribution in [0.1, 0.15) is 45.4 Å². The van der Waals surface area contributed by atoms with Gasteiger partial charge in [0.2, 0.25) is 11.8 Å². The Kier molecular flexibility index (Phi) is 4.43. The highest BCUT2D eigenvalue weighted by Crippen LogP contribution is 2.36. The monoisotopic (exact) mass is 274 g/mol. The van der Waals surface area contributed by atoms with E-state index in [-0.39, 0.29) is 30.1 Å². The second-order valence-electron chi connectivity index (χ2n) is 6.41. The second kappa shape index (κ2) is 5.73. The van der Waals surface area contributed by atoms with E-state index in [1.54, 1.807) is 0 Å². The molecule has 1 aliphatic heterocycles. The summed E-state index contributed by atoms with van der Waals surface area (Å²) in [5.74, 6) is -2.81. The summed E-state index contributed by atoms with van der Waals surface area (Å²) in [6.07, 6.45) is 2.44. The van der Waals surface area contributed by atoms with Gasteiger partial charge in [0, 0.05) is 25.3 Å². The van der Waals surface area contributed by atoms with Crippen LogP contribution in [0.4, 0.5) is 8.78 Å². The molecule has 0 aromatic rings. The van der Waals surface area contributed by atoms with Gasteiger partial charge in [-0.3, -0.25) is 4.79 Å². The van der Waals surface area contributed by atoms with E-state index < -0.39 is 5.92 Å². The largest absolute Gasteiger partial charge is 0.355 e. The van der Waals surface area contributed by atoms with E-state index in [0.29, 0.717) is 19.4 Å². The van der Waals surface area contributed by atoms with E-state index >= 15 is 0 Å². The Bertz CT molecular complexity index is 317. The molecule has 1 aliphatic carbocycles. The zero-order chi connectivity index (χ0) is 13.9. The molecule has 19 heavy (non-hydrogen) atoms. The van der Waals surface area contributed by atoms with Gasteiger partial charge < -0.3 is 10.6 Å². The Morgan fingerprint density at radius 1 is 1.21 bits per heavy atom. The average Bonchev–Trinajstić information content (AvgIpc) is 2.37. The zero-order valence-electron chi connectivity index (χ0n) is 11.6. The minimum absolute atomic E-state index is 0.0322. The van der Waals surface area contributed by atoms with E-state index in [1.165, 1.54) is 0 Å². The molecular formula is C14H24F2N2O. The Labute approximate surface area is 113 Å². The summed E-state index contributed by atoms with van der Waals surface area (Å²) < 4.78 is 26.1. The summed E-state index contributed by atoms with van der Waals surface area (Å²) >= 11 is 0. The van der Waals surface area contributed by atoms with Crippen LogP contribution < -0.4 is 10.6 Å². The Morgan fingerprint density at radius 3 is 2.37 bits per heavy atom. The predicted octanol–water partition coefficient (Wildman–Crippen LogP) is 2.32. The molecule has 2 N–H and O–H groups in total. The van der Waals surface area contributed by atoms with Crippen molar-refractivity contribution in [1.82, 2.24) is 10.6 Å². The molecule has 0 aromatic carbocycles. The van der Waals surface area contributed by atoms with Crippen LogP contribution in [0.25, 0.3) is 0 Å². The highest BCUT2D eigenvalue weighted by atomic mass is 19.3. The van der Waals surface area contributed by atoms with Crippen LogP contribution in [0.5, 0.6) is 0 Å². The Morgan fingerprint density at radius 2 is 1.79 bits per heavy atom. The molecule has 0 radical (unpaired) electrons. The van der Waals surface area contributed by atoms with Gasteiger partial charge in [0.1, 0.15) is 0 Å². The van der Waals surface area contributed by atoms with Gasteiger partial charge >= 0.3 is 0 Å². The van der Waals surface area contributed by atoms with Gasteiger partial charge in [-0.05, 0) is 44.2 Å². The number of carbonyl (C=O) groups is 1. The first-order valence-corrected chi connectivity index (χ1v) is 7.27. The number of hydrogen-bond donors (Lipinski definition) is 2. The third-order valence-corrected chi connectivity index (χ3v) is 4.59. The van der Waals surface area contributed by atoms with Crippen molar-refractivity contribution in [2.75, 3.05) is 19.6 Å². The normalized spacial score (nSPS) is 26.9. The number of alkyl halides is 2. The lowest BCUT2D eigenvalue weighted by molar-refractivity contribution is -0.129. The number of hydrogen-bond acceptors (Lipinski definition) is 2. The molecule has 0 spiro atoms. The molecule has 5 heteroatoms. The number of carbonyl (C=O) groups excluding carboxylic acids is 1. The minimum Gasteiger partial charge on any atom is -0.355 e. The topological polar surface area (TPSA) is 41.1 Å². The third kappa shape index (κ3) is 4.13. The lowest BCUT2D eigenvalue weighted by atomic mass is 9.80. The zero-order valence-corrected chi connectivity index (χ0v) is 11.6. The fourth-order valence-corrected chi connectivity index (χ4v) is 2.95. The Balaban J connectivity index is 1.75. The summed E-state index contributed by atoms with van der Waals surface area (Å²) in [6.45, 7) is 4.83. The van der Waals surface area contributed by atoms with Crippen LogP contribution in [-0.4, -0.2) is 31.5 Å². The summed E-state index contributed by atoms with van der Waals surface area (Å²) in [5.41, 5.74) is 0.152. The maximum Gasteiger partial charge on any atom is 0.248 e. The molecule has 2 fully saturated rings. The standard InChI is InChI=1S/C14H24F2N2O/c1-13(6-8-17-9-7-13)10-18-12(19)11-2-4-14(15,16)5-3-11/h11,17H,2-10H2,1H3,(H,18,19). The summed E-state index contributed by atoms with van der Waals surface area (Å²) in [4.78, 5) is 12.0. The number of nitrogens with one attached hydrogen (secondary N) is 2. The van der Waals surface area contributed by atoms with E-state index in [9.17, 15) is 13.6 Å². The average molecular weight is 274 g/mol. The van der Waals surface area contributed by atoms with E-state index in [0.717, 1.165) is 25.9 Å². The molecule has 0 aromatic heterocycles. The number of rotatable bonds is 3. The van der Waals surface area contributed by atoms with E-state index in [2.05, 4.69) is 17.6 Å². The van der Waals surface area contributed by atoms with Gasteiger partial charge in [0.05, 0.1) is 0 Å². The molecule has 2 aliphatic rings. The van der Waals surface area contributed by atoms with Gasteiger partial charge in [-0.1, -0.05) is 6.92 Å². The maximum absolute atomic E-state index is 13.0. The second-order valence-corrected chi connectivity index (χ2v) is 6.41. The maximum atomic E-state index is 13.0. The van der Waals surface area contributed by atoms with Crippen LogP contribution in [0.2, 0.25) is 0 Å². The first kappa shape index (κ1) is 14.7. The third-order valence-electron chi connectivity index (χ3n) is 4.59. The Hall–Kier alpha value is -0.710. The molecule has 3 nitrogen and oxygen atoms in total.